The van der Waals surface area contributed by atoms with Crippen molar-refractivity contribution in [2.75, 3.05) is 0 Å². The Balaban J connectivity index is 1.20. The third-order valence-corrected chi connectivity index (χ3v) is 11.0. The van der Waals surface area contributed by atoms with Gasteiger partial charge in [0.05, 0.1) is 12.2 Å². The molecule has 3 fully saturated rings. The Labute approximate surface area is 287 Å². The molecule has 0 aromatic heterocycles. The van der Waals surface area contributed by atoms with Gasteiger partial charge < -0.3 is 9.47 Å². The van der Waals surface area contributed by atoms with Crippen LogP contribution in [-0.4, -0.2) is 18.0 Å². The van der Waals surface area contributed by atoms with Gasteiger partial charge in [0.2, 0.25) is 0 Å². The van der Waals surface area contributed by atoms with Gasteiger partial charge in [0.25, 0.3) is 0 Å². The fourth-order valence-corrected chi connectivity index (χ4v) is 8.13. The van der Waals surface area contributed by atoms with Crippen molar-refractivity contribution in [3.63, 3.8) is 0 Å². The minimum Gasteiger partial charge on any atom is -0.344 e. The molecule has 0 radical (unpaired) electrons. The molecule has 2 aliphatic carbocycles. The number of allylic oxidation sites excluding steroid dienone is 8. The lowest BCUT2D eigenvalue weighted by atomic mass is 9.71. The quantitative estimate of drug-likeness (QED) is 0.0577. The third-order valence-electron chi connectivity index (χ3n) is 11.0. The van der Waals surface area contributed by atoms with E-state index in [9.17, 15) is 0 Å². The van der Waals surface area contributed by atoms with E-state index in [1.54, 1.807) is 0 Å². The molecule has 1 aliphatic heterocycles. The highest BCUT2D eigenvalue weighted by Gasteiger charge is 2.62. The third kappa shape index (κ3) is 15.9. The summed E-state index contributed by atoms with van der Waals surface area (Å²) >= 11 is 0. The largest absolute Gasteiger partial charge is 0.344 e. The summed E-state index contributed by atoms with van der Waals surface area (Å²) in [5, 5.41) is 0. The molecule has 0 unspecified atom stereocenters. The van der Waals surface area contributed by atoms with Crippen molar-refractivity contribution in [3.8, 4) is 0 Å². The van der Waals surface area contributed by atoms with Crippen LogP contribution >= 0.6 is 0 Å². The highest BCUT2D eigenvalue weighted by atomic mass is 16.8. The van der Waals surface area contributed by atoms with Crippen LogP contribution < -0.4 is 0 Å². The molecule has 1 heterocycles. The maximum Gasteiger partial charge on any atom is 0.169 e. The second kappa shape index (κ2) is 25.8. The van der Waals surface area contributed by atoms with E-state index >= 15 is 0 Å². The van der Waals surface area contributed by atoms with Crippen LogP contribution in [0.2, 0.25) is 0 Å². The summed E-state index contributed by atoms with van der Waals surface area (Å²) < 4.78 is 13.7. The zero-order valence-corrected chi connectivity index (χ0v) is 30.8. The molecule has 4 atom stereocenters. The summed E-state index contributed by atoms with van der Waals surface area (Å²) in [5.74, 6) is 1.35. The molecule has 0 N–H and O–H groups in total. The normalized spacial score (nSPS) is 23.8. The second-order valence-electron chi connectivity index (χ2n) is 15.0. The first-order valence-electron chi connectivity index (χ1n) is 20.8. The molecular weight excluding hydrogens is 560 g/mol. The van der Waals surface area contributed by atoms with Crippen molar-refractivity contribution < 1.29 is 9.47 Å². The molecule has 2 saturated carbocycles. The maximum atomic E-state index is 6.86. The molecule has 0 spiro atoms. The van der Waals surface area contributed by atoms with Gasteiger partial charge in [-0.1, -0.05) is 146 Å². The monoisotopic (exact) mass is 637 g/mol. The van der Waals surface area contributed by atoms with E-state index in [1.807, 2.05) is 0 Å². The van der Waals surface area contributed by atoms with Crippen molar-refractivity contribution >= 4 is 0 Å². The van der Waals surface area contributed by atoms with E-state index in [4.69, 9.17) is 9.47 Å². The summed E-state index contributed by atoms with van der Waals surface area (Å²) in [6.45, 7) is 4.55. The van der Waals surface area contributed by atoms with Gasteiger partial charge in [-0.2, -0.15) is 0 Å². The minimum absolute atomic E-state index is 0.260. The molecule has 0 aromatic rings. The average Bonchev–Trinajstić information content (AvgIpc) is 3.64. The molecule has 0 bridgehead atoms. The molecule has 2 nitrogen and oxygen atoms in total. The molecule has 0 aromatic carbocycles. The fraction of sp³-hybridized carbons (Fsp3) is 0.818. The summed E-state index contributed by atoms with van der Waals surface area (Å²) in [6, 6.07) is 0. The number of unbranched alkanes of at least 4 members (excludes halogenated alkanes) is 18. The Bertz CT molecular complexity index is 769. The summed E-state index contributed by atoms with van der Waals surface area (Å²) in [5.41, 5.74) is 0. The van der Waals surface area contributed by atoms with Crippen LogP contribution in [0.5, 0.6) is 0 Å². The number of ether oxygens (including phenoxy) is 2. The number of hydrogen-bond acceptors (Lipinski definition) is 2. The molecule has 264 valence electrons. The van der Waals surface area contributed by atoms with Gasteiger partial charge >= 0.3 is 0 Å². The summed E-state index contributed by atoms with van der Waals surface area (Å²) in [7, 11) is 0. The number of hydrogen-bond donors (Lipinski definition) is 0. The molecule has 46 heavy (non-hydrogen) atoms. The summed E-state index contributed by atoms with van der Waals surface area (Å²) in [4.78, 5) is 0. The second-order valence-corrected chi connectivity index (χ2v) is 15.0. The van der Waals surface area contributed by atoms with E-state index in [1.165, 1.54) is 161 Å². The fourth-order valence-electron chi connectivity index (χ4n) is 8.13. The zero-order valence-electron chi connectivity index (χ0n) is 30.8. The molecule has 1 saturated heterocycles. The first-order chi connectivity index (χ1) is 22.8. The Kier molecular flexibility index (Phi) is 22.1. The zero-order chi connectivity index (χ0) is 32.4. The molecule has 3 aliphatic rings. The standard InChI is InChI=1S/C44H76O2/c1-3-5-7-9-11-13-15-17-19-21-23-25-27-29-31-33-38-44(45-42-40-36-35-37-41(40)43(42)46-44)39-34-32-30-28-26-24-22-20-18-16-14-12-10-8-6-4-2/h11-14,17-20,40-43H,3-10,15-16,21-39H2,1-2H3/b13-11-,14-12-,19-17-,20-18-/t40-,41+,42-,43+. The minimum atomic E-state index is -0.260. The molecule has 3 rings (SSSR count). The Morgan fingerprint density at radius 1 is 0.435 bits per heavy atom. The van der Waals surface area contributed by atoms with Crippen molar-refractivity contribution in [1.29, 1.82) is 0 Å². The van der Waals surface area contributed by atoms with Gasteiger partial charge in [-0.05, 0) is 102 Å². The summed E-state index contributed by atoms with van der Waals surface area (Å²) in [6.07, 6.45) is 57.5. The van der Waals surface area contributed by atoms with E-state index < -0.39 is 0 Å². The Morgan fingerprint density at radius 2 is 0.783 bits per heavy atom. The van der Waals surface area contributed by atoms with Gasteiger partial charge in [0, 0.05) is 12.8 Å². The van der Waals surface area contributed by atoms with Crippen LogP contribution in [0, 0.1) is 11.8 Å². The van der Waals surface area contributed by atoms with Gasteiger partial charge in [-0.25, -0.2) is 0 Å². The molecular formula is C44H76O2. The Morgan fingerprint density at radius 3 is 1.17 bits per heavy atom. The maximum absolute atomic E-state index is 6.86. The topological polar surface area (TPSA) is 18.5 Å². The number of fused-ring (bicyclic) bond motifs is 4. The predicted molar refractivity (Wildman–Crippen MR) is 201 cm³/mol. The van der Waals surface area contributed by atoms with Crippen molar-refractivity contribution in [2.24, 2.45) is 11.8 Å². The molecule has 2 heteroatoms. The van der Waals surface area contributed by atoms with Gasteiger partial charge in [0.15, 0.2) is 5.79 Å². The van der Waals surface area contributed by atoms with E-state index in [2.05, 4.69) is 62.5 Å². The molecule has 0 amide bonds. The number of rotatable bonds is 30. The van der Waals surface area contributed by atoms with Crippen molar-refractivity contribution in [3.05, 3.63) is 48.6 Å². The van der Waals surface area contributed by atoms with Gasteiger partial charge in [-0.15, -0.1) is 0 Å². The van der Waals surface area contributed by atoms with Crippen LogP contribution in [0.15, 0.2) is 48.6 Å². The lowest BCUT2D eigenvalue weighted by molar-refractivity contribution is -0.182. The average molecular weight is 637 g/mol. The SMILES string of the molecule is CCCCC/C=C\C/C=C\CCCCCCCCC1(CCCCCCCC/C=C\C/C=C\CCCCC)O[C@@H]2[C@@H]3CCC[C@@H]3[C@@H]2O1. The highest BCUT2D eigenvalue weighted by Crippen LogP contribution is 2.57. The first kappa shape index (κ1) is 39.3. The van der Waals surface area contributed by atoms with Gasteiger partial charge in [-0.3, -0.25) is 0 Å². The van der Waals surface area contributed by atoms with E-state index in [0.29, 0.717) is 12.2 Å². The smallest absolute Gasteiger partial charge is 0.169 e. The Hall–Kier alpha value is -1.12. The van der Waals surface area contributed by atoms with Crippen LogP contribution in [0.25, 0.3) is 0 Å². The van der Waals surface area contributed by atoms with Gasteiger partial charge in [0.1, 0.15) is 0 Å². The van der Waals surface area contributed by atoms with Crippen molar-refractivity contribution in [2.45, 2.75) is 218 Å². The highest BCUT2D eigenvalue weighted by molar-refractivity contribution is 5.07. The van der Waals surface area contributed by atoms with Crippen LogP contribution in [-0.2, 0) is 9.47 Å². The van der Waals surface area contributed by atoms with Crippen LogP contribution in [0.1, 0.15) is 200 Å². The van der Waals surface area contributed by atoms with Crippen molar-refractivity contribution in [1.82, 2.24) is 0 Å². The first-order valence-corrected chi connectivity index (χ1v) is 20.8. The van der Waals surface area contributed by atoms with E-state index in [-0.39, 0.29) is 5.79 Å². The predicted octanol–water partition coefficient (Wildman–Crippen LogP) is 14.3. The lowest BCUT2D eigenvalue weighted by Crippen LogP contribution is -2.50. The van der Waals surface area contributed by atoms with E-state index in [0.717, 1.165) is 37.5 Å². The van der Waals surface area contributed by atoms with Crippen LogP contribution in [0.3, 0.4) is 0 Å². The van der Waals surface area contributed by atoms with Crippen LogP contribution in [0.4, 0.5) is 0 Å². The lowest BCUT2D eigenvalue weighted by Gasteiger charge is -2.41.